The Morgan fingerprint density at radius 3 is 2.35 bits per heavy atom. The monoisotopic (exact) mass is 234 g/mol. The fourth-order valence-electron chi connectivity index (χ4n) is 3.24. The van der Waals surface area contributed by atoms with Gasteiger partial charge in [0.2, 0.25) is 0 Å². The second-order valence-corrected chi connectivity index (χ2v) is 6.37. The molecule has 0 unspecified atom stereocenters. The highest BCUT2D eigenvalue weighted by Gasteiger charge is 2.38. The van der Waals surface area contributed by atoms with Crippen LogP contribution in [0.25, 0.3) is 0 Å². The van der Waals surface area contributed by atoms with Gasteiger partial charge >= 0.3 is 0 Å². The molecule has 0 amide bonds. The highest BCUT2D eigenvalue weighted by Crippen LogP contribution is 2.40. The molecular formula is C13H22N4. The Kier molecular flexibility index (Phi) is 2.86. The SMILES string of the molecule is CC1(C)CC(c2ccnnc2N)CC(C)(C)N1. The van der Waals surface area contributed by atoms with Gasteiger partial charge in [-0.25, -0.2) is 0 Å². The molecular weight excluding hydrogens is 212 g/mol. The minimum absolute atomic E-state index is 0.127. The maximum Gasteiger partial charge on any atom is 0.149 e. The summed E-state index contributed by atoms with van der Waals surface area (Å²) in [4.78, 5) is 0. The van der Waals surface area contributed by atoms with Crippen LogP contribution in [0.4, 0.5) is 5.82 Å². The lowest BCUT2D eigenvalue weighted by Gasteiger charge is -2.46. The molecule has 0 aliphatic carbocycles. The number of aromatic nitrogens is 2. The van der Waals surface area contributed by atoms with Crippen molar-refractivity contribution in [2.45, 2.75) is 57.5 Å². The Morgan fingerprint density at radius 2 is 1.82 bits per heavy atom. The van der Waals surface area contributed by atoms with Gasteiger partial charge in [-0.1, -0.05) is 0 Å². The van der Waals surface area contributed by atoms with Crippen molar-refractivity contribution >= 4 is 5.82 Å². The molecule has 1 saturated heterocycles. The summed E-state index contributed by atoms with van der Waals surface area (Å²) < 4.78 is 0. The molecule has 1 aromatic rings. The number of nitrogens with zero attached hydrogens (tertiary/aromatic N) is 2. The van der Waals surface area contributed by atoms with Crippen molar-refractivity contribution in [2.24, 2.45) is 0 Å². The lowest BCUT2D eigenvalue weighted by Crippen LogP contribution is -2.57. The Morgan fingerprint density at radius 1 is 1.24 bits per heavy atom. The van der Waals surface area contributed by atoms with Crippen LogP contribution in [0, 0.1) is 0 Å². The van der Waals surface area contributed by atoms with Crippen molar-refractivity contribution in [3.63, 3.8) is 0 Å². The van der Waals surface area contributed by atoms with Crippen molar-refractivity contribution in [2.75, 3.05) is 5.73 Å². The molecule has 0 spiro atoms. The molecule has 0 atom stereocenters. The first-order valence-corrected chi connectivity index (χ1v) is 6.15. The van der Waals surface area contributed by atoms with Crippen molar-refractivity contribution < 1.29 is 0 Å². The number of anilines is 1. The predicted molar refractivity (Wildman–Crippen MR) is 69.7 cm³/mol. The Hall–Kier alpha value is -1.16. The summed E-state index contributed by atoms with van der Waals surface area (Å²) in [5.41, 5.74) is 7.33. The van der Waals surface area contributed by atoms with E-state index in [-0.39, 0.29) is 11.1 Å². The van der Waals surface area contributed by atoms with E-state index in [1.807, 2.05) is 6.07 Å². The number of nitrogen functional groups attached to an aromatic ring is 1. The van der Waals surface area contributed by atoms with Crippen LogP contribution in [-0.2, 0) is 0 Å². The molecule has 0 saturated carbocycles. The van der Waals surface area contributed by atoms with E-state index in [9.17, 15) is 0 Å². The number of hydrogen-bond donors (Lipinski definition) is 2. The van der Waals surface area contributed by atoms with E-state index in [0.29, 0.717) is 11.7 Å². The highest BCUT2D eigenvalue weighted by atomic mass is 15.1. The lowest BCUT2D eigenvalue weighted by molar-refractivity contribution is 0.162. The molecule has 1 fully saturated rings. The molecule has 0 radical (unpaired) electrons. The van der Waals surface area contributed by atoms with E-state index in [1.165, 1.54) is 0 Å². The van der Waals surface area contributed by atoms with E-state index in [1.54, 1.807) is 6.20 Å². The van der Waals surface area contributed by atoms with Crippen molar-refractivity contribution in [1.29, 1.82) is 0 Å². The maximum atomic E-state index is 5.93. The van der Waals surface area contributed by atoms with Gasteiger partial charge in [-0.05, 0) is 52.5 Å². The minimum Gasteiger partial charge on any atom is -0.382 e. The largest absolute Gasteiger partial charge is 0.382 e. The van der Waals surface area contributed by atoms with Crippen LogP contribution in [0.3, 0.4) is 0 Å². The molecule has 1 aromatic heterocycles. The smallest absolute Gasteiger partial charge is 0.149 e. The van der Waals surface area contributed by atoms with Gasteiger partial charge in [-0.2, -0.15) is 5.10 Å². The molecule has 4 nitrogen and oxygen atoms in total. The van der Waals surface area contributed by atoms with E-state index in [2.05, 4.69) is 43.2 Å². The van der Waals surface area contributed by atoms with E-state index < -0.39 is 0 Å². The summed E-state index contributed by atoms with van der Waals surface area (Å²) in [6.07, 6.45) is 3.88. The van der Waals surface area contributed by atoms with Crippen LogP contribution >= 0.6 is 0 Å². The van der Waals surface area contributed by atoms with Gasteiger partial charge in [0, 0.05) is 16.6 Å². The summed E-state index contributed by atoms with van der Waals surface area (Å²) in [6, 6.07) is 2.00. The molecule has 94 valence electrons. The average molecular weight is 234 g/mol. The maximum absolute atomic E-state index is 5.93. The van der Waals surface area contributed by atoms with Crippen LogP contribution in [0.2, 0.25) is 0 Å². The topological polar surface area (TPSA) is 63.8 Å². The van der Waals surface area contributed by atoms with E-state index >= 15 is 0 Å². The zero-order valence-corrected chi connectivity index (χ0v) is 11.1. The second-order valence-electron chi connectivity index (χ2n) is 6.37. The Labute approximate surface area is 103 Å². The van der Waals surface area contributed by atoms with Gasteiger partial charge in [-0.15, -0.1) is 5.10 Å². The van der Waals surface area contributed by atoms with Crippen molar-refractivity contribution in [3.8, 4) is 0 Å². The first-order valence-electron chi connectivity index (χ1n) is 6.15. The van der Waals surface area contributed by atoms with Gasteiger partial charge in [0.25, 0.3) is 0 Å². The van der Waals surface area contributed by atoms with Crippen molar-refractivity contribution in [1.82, 2.24) is 15.5 Å². The molecule has 0 bridgehead atoms. The Bertz CT molecular complexity index is 396. The van der Waals surface area contributed by atoms with Gasteiger partial charge in [0.05, 0.1) is 6.20 Å². The molecule has 17 heavy (non-hydrogen) atoms. The lowest BCUT2D eigenvalue weighted by atomic mass is 9.73. The third kappa shape index (κ3) is 2.75. The quantitative estimate of drug-likeness (QED) is 0.781. The standard InChI is InChI=1S/C13H22N4/c1-12(2)7-9(8-13(3,4)17-12)10-5-6-15-16-11(10)14/h5-6,9,17H,7-8H2,1-4H3,(H2,14,16). The third-order valence-electron chi connectivity index (χ3n) is 3.41. The summed E-state index contributed by atoms with van der Waals surface area (Å²) in [6.45, 7) is 8.97. The first-order chi connectivity index (χ1) is 7.79. The predicted octanol–water partition coefficient (Wildman–Crippen LogP) is 2.08. The summed E-state index contributed by atoms with van der Waals surface area (Å²) in [5, 5.41) is 11.5. The van der Waals surface area contributed by atoms with Gasteiger partial charge < -0.3 is 11.1 Å². The minimum atomic E-state index is 0.127. The molecule has 4 heteroatoms. The van der Waals surface area contributed by atoms with E-state index in [0.717, 1.165) is 18.4 Å². The molecule has 0 aromatic carbocycles. The van der Waals surface area contributed by atoms with Crippen LogP contribution in [0.5, 0.6) is 0 Å². The highest BCUT2D eigenvalue weighted by molar-refractivity contribution is 5.40. The van der Waals surface area contributed by atoms with Crippen molar-refractivity contribution in [3.05, 3.63) is 17.8 Å². The molecule has 3 N–H and O–H groups in total. The van der Waals surface area contributed by atoms with Crippen LogP contribution in [-0.4, -0.2) is 21.3 Å². The molecule has 1 aliphatic heterocycles. The second kappa shape index (κ2) is 3.95. The zero-order chi connectivity index (χ0) is 12.7. The van der Waals surface area contributed by atoms with Gasteiger partial charge in [-0.3, -0.25) is 0 Å². The fourth-order valence-corrected chi connectivity index (χ4v) is 3.24. The van der Waals surface area contributed by atoms with Gasteiger partial charge in [0.15, 0.2) is 0 Å². The third-order valence-corrected chi connectivity index (χ3v) is 3.41. The number of hydrogen-bond acceptors (Lipinski definition) is 4. The number of nitrogens with one attached hydrogen (secondary N) is 1. The molecule has 1 aliphatic rings. The normalized spacial score (nSPS) is 23.5. The zero-order valence-electron chi connectivity index (χ0n) is 11.1. The summed E-state index contributed by atoms with van der Waals surface area (Å²) >= 11 is 0. The first kappa shape index (κ1) is 12.3. The molecule has 2 rings (SSSR count). The summed E-state index contributed by atoms with van der Waals surface area (Å²) in [7, 11) is 0. The number of rotatable bonds is 1. The Balaban J connectivity index is 2.30. The molecule has 2 heterocycles. The van der Waals surface area contributed by atoms with Gasteiger partial charge in [0.1, 0.15) is 5.82 Å². The average Bonchev–Trinajstić information content (AvgIpc) is 2.13. The fraction of sp³-hybridized carbons (Fsp3) is 0.692. The van der Waals surface area contributed by atoms with Crippen LogP contribution < -0.4 is 11.1 Å². The van der Waals surface area contributed by atoms with Crippen LogP contribution in [0.15, 0.2) is 12.3 Å². The van der Waals surface area contributed by atoms with E-state index in [4.69, 9.17) is 5.73 Å². The van der Waals surface area contributed by atoms with Crippen LogP contribution in [0.1, 0.15) is 52.0 Å². The number of piperidine rings is 1. The number of nitrogens with two attached hydrogens (primary N) is 1. The summed E-state index contributed by atoms with van der Waals surface area (Å²) in [5.74, 6) is 1.03.